The zero-order valence-corrected chi connectivity index (χ0v) is 18.6. The molecule has 1 aromatic carbocycles. The van der Waals surface area contributed by atoms with Gasteiger partial charge < -0.3 is 24.5 Å². The molecule has 0 spiro atoms. The lowest BCUT2D eigenvalue weighted by Crippen LogP contribution is -2.45. The van der Waals surface area contributed by atoms with Gasteiger partial charge in [-0.1, -0.05) is 5.16 Å². The van der Waals surface area contributed by atoms with Crippen LogP contribution in [0.5, 0.6) is 17.2 Å². The third kappa shape index (κ3) is 6.35. The van der Waals surface area contributed by atoms with Gasteiger partial charge in [0, 0.05) is 32.7 Å². The summed E-state index contributed by atoms with van der Waals surface area (Å²) in [6.45, 7) is 5.57. The lowest BCUT2D eigenvalue weighted by molar-refractivity contribution is 0.119. The molecule has 0 unspecified atom stereocenters. The Labute approximate surface area is 183 Å². The maximum Gasteiger partial charge on any atom is 0.240 e. The molecule has 1 saturated heterocycles. The predicted octanol–water partition coefficient (Wildman–Crippen LogP) is 1.72. The van der Waals surface area contributed by atoms with Gasteiger partial charge in [-0.05, 0) is 17.7 Å². The molecule has 1 aromatic heterocycles. The first kappa shape index (κ1) is 25.3. The van der Waals surface area contributed by atoms with Gasteiger partial charge in [-0.3, -0.25) is 9.80 Å². The van der Waals surface area contributed by atoms with Gasteiger partial charge >= 0.3 is 0 Å². The van der Waals surface area contributed by atoms with Crippen LogP contribution in [0.1, 0.15) is 17.3 Å². The van der Waals surface area contributed by atoms with Crippen molar-refractivity contribution in [2.45, 2.75) is 19.6 Å². The van der Waals surface area contributed by atoms with Crippen LogP contribution in [-0.2, 0) is 19.6 Å². The fourth-order valence-corrected chi connectivity index (χ4v) is 3.23. The molecule has 0 atom stereocenters. The van der Waals surface area contributed by atoms with Crippen molar-refractivity contribution < 1.29 is 18.7 Å². The molecule has 9 nitrogen and oxygen atoms in total. The molecule has 0 saturated carbocycles. The molecule has 2 aromatic rings. The highest BCUT2D eigenvalue weighted by Crippen LogP contribution is 2.38. The highest BCUT2D eigenvalue weighted by atomic mass is 35.5. The van der Waals surface area contributed by atoms with Crippen LogP contribution in [0, 0.1) is 0 Å². The topological polar surface area (TPSA) is 99.1 Å². The second-order valence-electron chi connectivity index (χ2n) is 6.39. The number of piperazine rings is 1. The molecule has 1 aliphatic heterocycles. The monoisotopic (exact) mass is 449 g/mol. The first-order valence-corrected chi connectivity index (χ1v) is 8.92. The average molecular weight is 450 g/mol. The maximum atomic E-state index is 5.51. The molecule has 2 heterocycles. The van der Waals surface area contributed by atoms with Crippen LogP contribution in [0.4, 0.5) is 0 Å². The molecule has 2 N–H and O–H groups in total. The van der Waals surface area contributed by atoms with Crippen molar-refractivity contribution in [2.75, 3.05) is 47.5 Å². The standard InChI is InChI=1S/C18H27N5O4.2ClH/c1-24-14-8-13(9-15(25-2)18(14)26-3)11-22-4-6-23(7-5-22)12-16-20-17(10-19)27-21-16;;/h8-9H,4-7,10-12,19H2,1-3H3;2*1H. The number of rotatable bonds is 8. The van der Waals surface area contributed by atoms with E-state index in [0.29, 0.717) is 35.5 Å². The van der Waals surface area contributed by atoms with Gasteiger partial charge in [-0.2, -0.15) is 4.98 Å². The summed E-state index contributed by atoms with van der Waals surface area (Å²) in [7, 11) is 4.88. The molecular formula is C18H29Cl2N5O4. The van der Waals surface area contributed by atoms with E-state index in [1.165, 1.54) is 0 Å². The SMILES string of the molecule is COc1cc(CN2CCN(Cc3noc(CN)n3)CC2)cc(OC)c1OC.Cl.Cl. The summed E-state index contributed by atoms with van der Waals surface area (Å²) in [6.07, 6.45) is 0. The van der Waals surface area contributed by atoms with Gasteiger partial charge in [0.1, 0.15) is 0 Å². The number of aromatic nitrogens is 2. The van der Waals surface area contributed by atoms with Crippen LogP contribution >= 0.6 is 24.8 Å². The molecule has 0 aliphatic carbocycles. The molecular weight excluding hydrogens is 421 g/mol. The number of hydrogen-bond acceptors (Lipinski definition) is 9. The number of halogens is 2. The molecule has 1 aliphatic rings. The van der Waals surface area contributed by atoms with E-state index in [9.17, 15) is 0 Å². The second-order valence-corrected chi connectivity index (χ2v) is 6.39. The molecule has 164 valence electrons. The van der Waals surface area contributed by atoms with E-state index in [1.807, 2.05) is 12.1 Å². The first-order valence-electron chi connectivity index (χ1n) is 8.92. The van der Waals surface area contributed by atoms with Gasteiger partial charge in [0.2, 0.25) is 11.6 Å². The molecule has 0 amide bonds. The fourth-order valence-electron chi connectivity index (χ4n) is 3.23. The van der Waals surface area contributed by atoms with E-state index in [-0.39, 0.29) is 31.4 Å². The van der Waals surface area contributed by atoms with Gasteiger partial charge in [0.25, 0.3) is 0 Å². The van der Waals surface area contributed by atoms with Crippen molar-refractivity contribution in [1.82, 2.24) is 19.9 Å². The normalized spacial score (nSPS) is 14.6. The molecule has 0 bridgehead atoms. The Balaban J connectivity index is 0.00000210. The Morgan fingerprint density at radius 2 is 1.48 bits per heavy atom. The number of hydrogen-bond donors (Lipinski definition) is 1. The quantitative estimate of drug-likeness (QED) is 0.645. The highest BCUT2D eigenvalue weighted by Gasteiger charge is 2.20. The van der Waals surface area contributed by atoms with Crippen molar-refractivity contribution >= 4 is 24.8 Å². The Morgan fingerprint density at radius 1 is 0.931 bits per heavy atom. The Morgan fingerprint density at radius 3 is 1.93 bits per heavy atom. The summed E-state index contributed by atoms with van der Waals surface area (Å²) in [5, 5.41) is 3.96. The Kier molecular flexibility index (Phi) is 10.5. The predicted molar refractivity (Wildman–Crippen MR) is 113 cm³/mol. The summed E-state index contributed by atoms with van der Waals surface area (Å²) in [4.78, 5) is 8.98. The van der Waals surface area contributed by atoms with E-state index in [1.54, 1.807) is 21.3 Å². The molecule has 3 rings (SSSR count). The minimum Gasteiger partial charge on any atom is -0.493 e. The van der Waals surface area contributed by atoms with Crippen LogP contribution < -0.4 is 19.9 Å². The van der Waals surface area contributed by atoms with Crippen LogP contribution in [0.25, 0.3) is 0 Å². The summed E-state index contributed by atoms with van der Waals surface area (Å²) in [5.74, 6) is 3.14. The van der Waals surface area contributed by atoms with Crippen LogP contribution in [0.15, 0.2) is 16.7 Å². The van der Waals surface area contributed by atoms with Gasteiger partial charge in [-0.25, -0.2) is 0 Å². The molecule has 0 radical (unpaired) electrons. The minimum atomic E-state index is 0. The van der Waals surface area contributed by atoms with Crippen LogP contribution in [-0.4, -0.2) is 67.4 Å². The van der Waals surface area contributed by atoms with E-state index in [4.69, 9.17) is 24.5 Å². The zero-order chi connectivity index (χ0) is 19.2. The Bertz CT molecular complexity index is 729. The third-order valence-corrected chi connectivity index (χ3v) is 4.65. The summed E-state index contributed by atoms with van der Waals surface area (Å²) in [6, 6.07) is 4.00. The number of nitrogens with two attached hydrogens (primary N) is 1. The van der Waals surface area contributed by atoms with Crippen molar-refractivity contribution in [2.24, 2.45) is 5.73 Å². The van der Waals surface area contributed by atoms with Crippen molar-refractivity contribution in [1.29, 1.82) is 0 Å². The maximum absolute atomic E-state index is 5.51. The Hall–Kier alpha value is -1.78. The highest BCUT2D eigenvalue weighted by molar-refractivity contribution is 5.85. The lowest BCUT2D eigenvalue weighted by Gasteiger charge is -2.34. The van der Waals surface area contributed by atoms with Crippen molar-refractivity contribution in [3.63, 3.8) is 0 Å². The molecule has 1 fully saturated rings. The second kappa shape index (κ2) is 12.0. The number of methoxy groups -OCH3 is 3. The van der Waals surface area contributed by atoms with Gasteiger partial charge in [0.15, 0.2) is 17.3 Å². The summed E-state index contributed by atoms with van der Waals surface area (Å²) in [5.41, 5.74) is 6.63. The van der Waals surface area contributed by atoms with Crippen molar-refractivity contribution in [3.8, 4) is 17.2 Å². The van der Waals surface area contributed by atoms with E-state index < -0.39 is 0 Å². The summed E-state index contributed by atoms with van der Waals surface area (Å²) >= 11 is 0. The largest absolute Gasteiger partial charge is 0.493 e. The number of benzene rings is 1. The lowest BCUT2D eigenvalue weighted by atomic mass is 10.1. The fraction of sp³-hybridized carbons (Fsp3) is 0.556. The third-order valence-electron chi connectivity index (χ3n) is 4.65. The molecule has 29 heavy (non-hydrogen) atoms. The molecule has 11 heteroatoms. The van der Waals surface area contributed by atoms with Crippen molar-refractivity contribution in [3.05, 3.63) is 29.4 Å². The van der Waals surface area contributed by atoms with E-state index in [2.05, 4.69) is 19.9 Å². The van der Waals surface area contributed by atoms with Gasteiger partial charge in [-0.15, -0.1) is 24.8 Å². The average Bonchev–Trinajstić information content (AvgIpc) is 3.16. The minimum absolute atomic E-state index is 0. The van der Waals surface area contributed by atoms with E-state index >= 15 is 0 Å². The van der Waals surface area contributed by atoms with Crippen LogP contribution in [0.2, 0.25) is 0 Å². The van der Waals surface area contributed by atoms with E-state index in [0.717, 1.165) is 38.3 Å². The van der Waals surface area contributed by atoms with Gasteiger partial charge in [0.05, 0.1) is 34.4 Å². The zero-order valence-electron chi connectivity index (χ0n) is 16.9. The smallest absolute Gasteiger partial charge is 0.240 e. The summed E-state index contributed by atoms with van der Waals surface area (Å²) < 4.78 is 21.3. The number of ether oxygens (including phenoxy) is 3. The number of nitrogens with zero attached hydrogens (tertiary/aromatic N) is 4. The van der Waals surface area contributed by atoms with Crippen LogP contribution in [0.3, 0.4) is 0 Å². The first-order chi connectivity index (χ1) is 13.2.